The van der Waals surface area contributed by atoms with Gasteiger partial charge in [0.25, 0.3) is 52.5 Å². The van der Waals surface area contributed by atoms with Crippen LogP contribution in [0, 0.1) is 91.8 Å². The molecule has 0 saturated carbocycles. The molecule has 15 rings (SSSR count). The standard InChI is InChI=1S/C19H17FN2O6.C17H11FN2O5.C17H11FN2O2.C11H13F2NO4.C9H9FN2.C9H8FNO/c1-19(27-2,28-3)10-13-14(22(25)26)8-9-15(16(13)20)21-17(23)11-6-4-5-7-12(11)18(21)24;1-9(21)8-12-13(20(24)25)6-7-14(15(12)18)19-16(22)10-4-2-3-5-11(10)17(19)23;1-9-8-12-13(19-9)6-7-14(15(12)18)20-16(21)10-4-2-3-5-11(10)17(20)22;1-11(17-2,18-3)6-7-9(14(15)16)5-4-8(12)10(7)13;1-5-4-6-8(12-5)3-2-7(11)9(6)10;1-5-4-6-7(11-5)2-3-8(12)9(6)10/h4-9H,10H2,1-3H3;2-7H,8H2,1H3;2-8,19H,1H3;4-5H,6H2,1-3H3;2-4,12H,11H2,1H3;2-4,11-12H,1H3. The number of nitrogen functional groups attached to an aromatic ring is 1. The summed E-state index contributed by atoms with van der Waals surface area (Å²) in [6.07, 6.45) is -1.10. The molecule has 604 valence electrons. The predicted octanol–water partition coefficient (Wildman–Crippen LogP) is 16.1. The maximum atomic E-state index is 15.4. The largest absolute Gasteiger partial charge is 0.505 e. The van der Waals surface area contributed by atoms with Crippen LogP contribution in [0.5, 0.6) is 5.75 Å². The highest BCUT2D eigenvalue weighted by Gasteiger charge is 2.43. The van der Waals surface area contributed by atoms with Crippen LogP contribution in [0.1, 0.15) is 117 Å². The van der Waals surface area contributed by atoms with E-state index in [1.54, 1.807) is 91.0 Å². The number of ether oxygens (including phenoxy) is 4. The minimum atomic E-state index is -1.34. The fraction of sp³-hybridized carbons (Fsp3) is 0.183. The van der Waals surface area contributed by atoms with E-state index >= 15 is 4.39 Å². The Morgan fingerprint density at radius 3 is 1.06 bits per heavy atom. The number of phenolic OH excluding ortho intramolecular Hbond substituents is 1. The van der Waals surface area contributed by atoms with Crippen molar-refractivity contribution in [1.29, 1.82) is 0 Å². The van der Waals surface area contributed by atoms with Gasteiger partial charge in [-0.05, 0) is 151 Å². The highest BCUT2D eigenvalue weighted by molar-refractivity contribution is 6.36. The normalized spacial score (nSPS) is 12.7. The van der Waals surface area contributed by atoms with Gasteiger partial charge in [0.1, 0.15) is 5.78 Å². The molecule has 0 bridgehead atoms. The molecule has 35 heteroatoms. The number of carbonyl (C=O) groups excluding carboxylic acids is 7. The van der Waals surface area contributed by atoms with Crippen molar-refractivity contribution < 1.29 is 103 Å². The summed E-state index contributed by atoms with van der Waals surface area (Å²) >= 11 is 0. The third kappa shape index (κ3) is 17.2. The number of aromatic hydroxyl groups is 1. The van der Waals surface area contributed by atoms with E-state index in [2.05, 4.69) is 15.0 Å². The zero-order valence-corrected chi connectivity index (χ0v) is 63.5. The molecule has 0 aliphatic carbocycles. The first-order valence-electron chi connectivity index (χ1n) is 34.8. The fourth-order valence-electron chi connectivity index (χ4n) is 12.8. The number of ketones is 1. The van der Waals surface area contributed by atoms with E-state index in [0.717, 1.165) is 64.8 Å². The maximum absolute atomic E-state index is 15.4. The minimum Gasteiger partial charge on any atom is -0.505 e. The highest BCUT2D eigenvalue weighted by atomic mass is 19.2. The van der Waals surface area contributed by atoms with Gasteiger partial charge in [0.05, 0.1) is 87.6 Å². The third-order valence-electron chi connectivity index (χ3n) is 19.0. The SMILES string of the molecule is CC(=O)Cc1c([N+](=O)[O-])ccc(N2C(=O)c3ccccc3C2=O)c1F.COC(C)(Cc1c([N+](=O)[O-])ccc(F)c1F)OC.COC(C)(Cc1c([N+](=O)[O-])ccc(N2C(=O)c3ccccc3C2=O)c1F)OC.Cc1cc2c(F)c(N)ccc2[nH]1.Cc1cc2c(F)c(N3C(=O)c4ccccc4C3=O)ccc2[nH]1.Cc1cc2c(F)c(O)ccc2[nH]1. The Morgan fingerprint density at radius 1 is 0.419 bits per heavy atom. The van der Waals surface area contributed by atoms with Crippen molar-refractivity contribution in [2.45, 2.75) is 72.4 Å². The predicted molar refractivity (Wildman–Crippen MR) is 414 cm³/mol. The number of nitro benzene ring substituents is 3. The third-order valence-corrected chi connectivity index (χ3v) is 19.0. The van der Waals surface area contributed by atoms with E-state index in [9.17, 15) is 90.2 Å². The Labute approximate surface area is 658 Å². The van der Waals surface area contributed by atoms with E-state index in [-0.39, 0.29) is 74.9 Å². The van der Waals surface area contributed by atoms with Crippen molar-refractivity contribution in [1.82, 2.24) is 15.0 Å². The molecule has 0 spiro atoms. The van der Waals surface area contributed by atoms with Crippen LogP contribution in [0.2, 0.25) is 0 Å². The lowest BCUT2D eigenvalue weighted by molar-refractivity contribution is -0.386. The number of methoxy groups -OCH3 is 4. The number of hydrogen-bond acceptors (Lipinski definition) is 19. The van der Waals surface area contributed by atoms with Gasteiger partial charge in [-0.3, -0.25) is 63.9 Å². The number of fused-ring (bicyclic) bond motifs is 6. The van der Waals surface area contributed by atoms with E-state index in [0.29, 0.717) is 54.2 Å². The van der Waals surface area contributed by atoms with Crippen LogP contribution < -0.4 is 20.4 Å². The number of nitrogens with two attached hydrogens (primary N) is 1. The fourth-order valence-corrected chi connectivity index (χ4v) is 12.8. The molecule has 0 atom stereocenters. The number of imide groups is 3. The molecule has 3 aliphatic rings. The summed E-state index contributed by atoms with van der Waals surface area (Å²) in [7, 11) is 5.27. The Kier molecular flexibility index (Phi) is 25.3. The first-order chi connectivity index (χ1) is 55.3. The number of H-pyrrole nitrogens is 3. The van der Waals surface area contributed by atoms with Crippen LogP contribution in [0.3, 0.4) is 0 Å². The Hall–Kier alpha value is -14.2. The monoisotopic (exact) mass is 1610 g/mol. The van der Waals surface area contributed by atoms with E-state index < -0.39 is 137 Å². The van der Waals surface area contributed by atoms with Gasteiger partial charge >= 0.3 is 0 Å². The molecule has 6 N–H and O–H groups in total. The van der Waals surface area contributed by atoms with Gasteiger partial charge in [0.15, 0.2) is 58.0 Å². The number of aryl methyl sites for hydroxylation is 3. The van der Waals surface area contributed by atoms with E-state index in [1.807, 2.05) is 20.8 Å². The first kappa shape index (κ1) is 85.3. The number of nitrogens with zero attached hydrogens (tertiary/aromatic N) is 6. The van der Waals surface area contributed by atoms with Crippen LogP contribution in [-0.4, -0.2) is 116 Å². The lowest BCUT2D eigenvalue weighted by atomic mass is 10.0. The van der Waals surface area contributed by atoms with Crippen LogP contribution in [0.4, 0.5) is 70.5 Å². The van der Waals surface area contributed by atoms with Crippen molar-refractivity contribution in [3.05, 3.63) is 302 Å². The molecule has 6 heterocycles. The second-order valence-electron chi connectivity index (χ2n) is 26.7. The molecular weight excluding hydrogens is 1550 g/mol. The number of carbonyl (C=O) groups is 7. The molecule has 0 radical (unpaired) electrons. The van der Waals surface area contributed by atoms with Crippen molar-refractivity contribution in [3.8, 4) is 5.75 Å². The van der Waals surface area contributed by atoms with Gasteiger partial charge in [0.2, 0.25) is 0 Å². The number of halogens is 7. The Bertz CT molecular complexity index is 5870. The maximum Gasteiger partial charge on any atom is 0.276 e. The summed E-state index contributed by atoms with van der Waals surface area (Å²) in [5.41, 5.74) is 7.98. The van der Waals surface area contributed by atoms with Crippen molar-refractivity contribution in [2.24, 2.45) is 0 Å². The molecular formula is C82H69F7N10O18. The molecule has 28 nitrogen and oxygen atoms in total. The molecule has 12 aromatic rings. The summed E-state index contributed by atoms with van der Waals surface area (Å²) in [4.78, 5) is 129. The summed E-state index contributed by atoms with van der Waals surface area (Å²) in [5.74, 6) is -13.3. The number of Topliss-reactive ketones (excluding diaryl/α,β-unsaturated/α-hetero) is 1. The smallest absolute Gasteiger partial charge is 0.276 e. The number of benzene rings is 9. The quantitative estimate of drug-likeness (QED) is 0.0150. The number of hydrogen-bond donors (Lipinski definition) is 5. The Balaban J connectivity index is 0.000000152. The minimum absolute atomic E-state index is 0.0160. The van der Waals surface area contributed by atoms with Crippen molar-refractivity contribution in [3.63, 3.8) is 0 Å². The summed E-state index contributed by atoms with van der Waals surface area (Å²) in [5, 5.41) is 43.6. The van der Waals surface area contributed by atoms with Gasteiger partial charge in [-0.15, -0.1) is 0 Å². The van der Waals surface area contributed by atoms with Crippen molar-refractivity contribution >= 4 is 114 Å². The second-order valence-corrected chi connectivity index (χ2v) is 26.7. The number of nitrogens with one attached hydrogen (secondary N) is 3. The van der Waals surface area contributed by atoms with Gasteiger partial charge in [0, 0.05) is 116 Å². The lowest BCUT2D eigenvalue weighted by Gasteiger charge is -2.27. The van der Waals surface area contributed by atoms with Crippen molar-refractivity contribution in [2.75, 3.05) is 48.9 Å². The number of amides is 6. The van der Waals surface area contributed by atoms with E-state index in [1.165, 1.54) is 78.7 Å². The van der Waals surface area contributed by atoms with Crippen LogP contribution in [-0.2, 0) is 43.0 Å². The number of aromatic amines is 3. The Morgan fingerprint density at radius 2 is 0.709 bits per heavy atom. The van der Waals surface area contributed by atoms with Crippen LogP contribution in [0.15, 0.2) is 164 Å². The molecule has 117 heavy (non-hydrogen) atoms. The van der Waals surface area contributed by atoms with Gasteiger partial charge in [-0.2, -0.15) is 0 Å². The van der Waals surface area contributed by atoms with Gasteiger partial charge in [-0.25, -0.2) is 45.4 Å². The average Bonchev–Trinajstić information content (AvgIpc) is 1.65. The molecule has 0 saturated heterocycles. The number of anilines is 4. The summed E-state index contributed by atoms with van der Waals surface area (Å²) in [6.45, 7) is 9.68. The van der Waals surface area contributed by atoms with Crippen LogP contribution in [0.25, 0.3) is 32.7 Å². The number of aromatic nitrogens is 3. The number of nitro groups is 3. The molecule has 6 amide bonds. The molecule has 3 aliphatic heterocycles. The second kappa shape index (κ2) is 34.7. The lowest BCUT2D eigenvalue weighted by Crippen LogP contribution is -2.34. The molecule has 3 aromatic heterocycles. The topological polar surface area (TPSA) is 389 Å². The van der Waals surface area contributed by atoms with E-state index in [4.69, 9.17) is 29.8 Å². The molecule has 0 unspecified atom stereocenters. The number of phenols is 1. The summed E-state index contributed by atoms with van der Waals surface area (Å²) in [6, 6.07) is 38.9. The molecule has 0 fully saturated rings. The first-order valence-corrected chi connectivity index (χ1v) is 34.8. The molecule has 9 aromatic carbocycles. The van der Waals surface area contributed by atoms with Gasteiger partial charge < -0.3 is 44.7 Å². The van der Waals surface area contributed by atoms with Gasteiger partial charge in [-0.1, -0.05) is 36.4 Å². The number of rotatable bonds is 16. The van der Waals surface area contributed by atoms with Crippen LogP contribution >= 0.6 is 0 Å². The zero-order valence-electron chi connectivity index (χ0n) is 63.5. The summed E-state index contributed by atoms with van der Waals surface area (Å²) < 4.78 is 118. The highest BCUT2D eigenvalue weighted by Crippen LogP contribution is 2.40. The average molecular weight is 1620 g/mol. The zero-order chi connectivity index (χ0) is 85.7.